The molecule has 28 heavy (non-hydrogen) atoms. The summed E-state index contributed by atoms with van der Waals surface area (Å²) in [4.78, 5) is 14.7. The second kappa shape index (κ2) is 8.23. The molecule has 0 N–H and O–H groups in total. The fourth-order valence-electron chi connectivity index (χ4n) is 3.16. The molecular weight excluding hydrogens is 357 g/mol. The van der Waals surface area contributed by atoms with Crippen molar-refractivity contribution in [2.24, 2.45) is 0 Å². The molecule has 1 aliphatic rings. The number of carbonyl (C=O) groups excluding carboxylic acids is 1. The molecule has 2 aromatic carbocycles. The van der Waals surface area contributed by atoms with Crippen LogP contribution in [-0.4, -0.2) is 32.1 Å². The highest BCUT2D eigenvalue weighted by Gasteiger charge is 2.12. The highest BCUT2D eigenvalue weighted by molar-refractivity contribution is 6.06. The number of halogens is 1. The van der Waals surface area contributed by atoms with E-state index in [2.05, 4.69) is 4.90 Å². The highest BCUT2D eigenvalue weighted by atomic mass is 19.1. The number of allylic oxidation sites excluding steroid dienone is 1. The van der Waals surface area contributed by atoms with Crippen molar-refractivity contribution < 1.29 is 18.3 Å². The Hall–Kier alpha value is -3.18. The van der Waals surface area contributed by atoms with Crippen LogP contribution < -0.4 is 4.90 Å². The zero-order valence-corrected chi connectivity index (χ0v) is 15.3. The maximum absolute atomic E-state index is 13.8. The van der Waals surface area contributed by atoms with E-state index in [1.54, 1.807) is 36.4 Å². The van der Waals surface area contributed by atoms with Gasteiger partial charge in [0.25, 0.3) is 0 Å². The summed E-state index contributed by atoms with van der Waals surface area (Å²) in [6.07, 6.45) is 3.07. The molecule has 1 aliphatic heterocycles. The Balaban J connectivity index is 1.43. The van der Waals surface area contributed by atoms with Crippen molar-refractivity contribution in [2.75, 3.05) is 31.2 Å². The van der Waals surface area contributed by atoms with Gasteiger partial charge in [-0.2, -0.15) is 0 Å². The van der Waals surface area contributed by atoms with Crippen molar-refractivity contribution in [1.29, 1.82) is 0 Å². The average Bonchev–Trinajstić information content (AvgIpc) is 3.22. The molecule has 0 unspecified atom stereocenters. The first-order valence-corrected chi connectivity index (χ1v) is 9.20. The molecular formula is C23H20FNO3. The number of furan rings is 1. The van der Waals surface area contributed by atoms with Gasteiger partial charge in [-0.25, -0.2) is 4.39 Å². The third-order valence-corrected chi connectivity index (χ3v) is 4.69. The van der Waals surface area contributed by atoms with E-state index in [0.29, 0.717) is 22.6 Å². The van der Waals surface area contributed by atoms with E-state index in [1.165, 1.54) is 12.1 Å². The molecule has 142 valence electrons. The average molecular weight is 377 g/mol. The summed E-state index contributed by atoms with van der Waals surface area (Å²) < 4.78 is 24.8. The number of ketones is 1. The summed E-state index contributed by atoms with van der Waals surface area (Å²) in [5, 5.41) is 0. The summed E-state index contributed by atoms with van der Waals surface area (Å²) in [5.74, 6) is 0.470. The van der Waals surface area contributed by atoms with Gasteiger partial charge in [-0.05, 0) is 60.7 Å². The molecule has 0 saturated carbocycles. The van der Waals surface area contributed by atoms with Crippen LogP contribution in [0.1, 0.15) is 16.1 Å². The van der Waals surface area contributed by atoms with Crippen LogP contribution in [0.2, 0.25) is 0 Å². The maximum Gasteiger partial charge on any atom is 0.185 e. The van der Waals surface area contributed by atoms with Gasteiger partial charge in [0.15, 0.2) is 5.78 Å². The van der Waals surface area contributed by atoms with Gasteiger partial charge in [-0.15, -0.1) is 0 Å². The van der Waals surface area contributed by atoms with Crippen molar-refractivity contribution >= 4 is 17.5 Å². The third-order valence-electron chi connectivity index (χ3n) is 4.69. The van der Waals surface area contributed by atoms with E-state index in [1.807, 2.05) is 24.3 Å². The zero-order chi connectivity index (χ0) is 19.3. The SMILES string of the molecule is O=C(/C=C/c1ccc(-c2ccccc2F)o1)c1ccc(N2CCOCC2)cc1. The zero-order valence-electron chi connectivity index (χ0n) is 15.3. The molecule has 3 aromatic rings. The molecule has 2 heterocycles. The van der Waals surface area contributed by atoms with Crippen LogP contribution in [0.4, 0.5) is 10.1 Å². The predicted molar refractivity (Wildman–Crippen MR) is 107 cm³/mol. The van der Waals surface area contributed by atoms with Gasteiger partial charge in [0.05, 0.1) is 18.8 Å². The summed E-state index contributed by atoms with van der Waals surface area (Å²) in [7, 11) is 0. The molecule has 1 fully saturated rings. The van der Waals surface area contributed by atoms with Gasteiger partial charge in [0.2, 0.25) is 0 Å². The summed E-state index contributed by atoms with van der Waals surface area (Å²) >= 11 is 0. The smallest absolute Gasteiger partial charge is 0.185 e. The molecule has 0 spiro atoms. The van der Waals surface area contributed by atoms with Crippen molar-refractivity contribution in [1.82, 2.24) is 0 Å². The lowest BCUT2D eigenvalue weighted by Crippen LogP contribution is -2.36. The van der Waals surface area contributed by atoms with Crippen molar-refractivity contribution in [3.05, 3.63) is 83.9 Å². The molecule has 0 atom stereocenters. The second-order valence-corrected chi connectivity index (χ2v) is 6.53. The Morgan fingerprint density at radius 3 is 2.46 bits per heavy atom. The highest BCUT2D eigenvalue weighted by Crippen LogP contribution is 2.25. The first-order chi connectivity index (χ1) is 13.7. The van der Waals surface area contributed by atoms with Crippen LogP contribution in [0.5, 0.6) is 0 Å². The van der Waals surface area contributed by atoms with Gasteiger partial charge in [-0.1, -0.05) is 12.1 Å². The Morgan fingerprint density at radius 1 is 0.964 bits per heavy atom. The maximum atomic E-state index is 13.8. The number of morpholine rings is 1. The van der Waals surface area contributed by atoms with Crippen LogP contribution in [0.15, 0.2) is 71.2 Å². The van der Waals surface area contributed by atoms with Crippen molar-refractivity contribution in [2.45, 2.75) is 0 Å². The summed E-state index contributed by atoms with van der Waals surface area (Å²) in [5.41, 5.74) is 2.09. The molecule has 0 aliphatic carbocycles. The Morgan fingerprint density at radius 2 is 1.71 bits per heavy atom. The minimum Gasteiger partial charge on any atom is -0.457 e. The monoisotopic (exact) mass is 377 g/mol. The van der Waals surface area contributed by atoms with Crippen molar-refractivity contribution in [3.63, 3.8) is 0 Å². The van der Waals surface area contributed by atoms with Gasteiger partial charge in [-0.3, -0.25) is 4.79 Å². The van der Waals surface area contributed by atoms with Gasteiger partial charge in [0, 0.05) is 24.3 Å². The largest absolute Gasteiger partial charge is 0.457 e. The number of anilines is 1. The summed E-state index contributed by atoms with van der Waals surface area (Å²) in [6, 6.07) is 17.4. The van der Waals surface area contributed by atoms with E-state index >= 15 is 0 Å². The number of benzene rings is 2. The number of carbonyl (C=O) groups is 1. The lowest BCUT2D eigenvalue weighted by molar-refractivity contribution is 0.104. The van der Waals surface area contributed by atoms with Crippen LogP contribution >= 0.6 is 0 Å². The number of hydrogen-bond acceptors (Lipinski definition) is 4. The van der Waals surface area contributed by atoms with Gasteiger partial charge < -0.3 is 14.1 Å². The third kappa shape index (κ3) is 4.05. The lowest BCUT2D eigenvalue weighted by atomic mass is 10.1. The van der Waals surface area contributed by atoms with Crippen molar-refractivity contribution in [3.8, 4) is 11.3 Å². The number of nitrogens with zero attached hydrogens (tertiary/aromatic N) is 1. The minimum atomic E-state index is -0.344. The van der Waals surface area contributed by atoms with Gasteiger partial charge >= 0.3 is 0 Å². The Bertz CT molecular complexity index is 985. The first kappa shape index (κ1) is 18.2. The molecule has 4 rings (SSSR count). The van der Waals surface area contributed by atoms with Crippen LogP contribution in [-0.2, 0) is 4.74 Å². The van der Waals surface area contributed by atoms with E-state index in [-0.39, 0.29) is 11.6 Å². The second-order valence-electron chi connectivity index (χ2n) is 6.53. The number of ether oxygens (including phenoxy) is 1. The van der Waals surface area contributed by atoms with Crippen LogP contribution in [0, 0.1) is 5.82 Å². The lowest BCUT2D eigenvalue weighted by Gasteiger charge is -2.28. The summed E-state index contributed by atoms with van der Waals surface area (Å²) in [6.45, 7) is 3.16. The molecule has 0 radical (unpaired) electrons. The fourth-order valence-corrected chi connectivity index (χ4v) is 3.16. The predicted octanol–water partition coefficient (Wildman–Crippen LogP) is 4.82. The number of rotatable bonds is 5. The Kier molecular flexibility index (Phi) is 5.35. The normalized spacial score (nSPS) is 14.5. The number of hydrogen-bond donors (Lipinski definition) is 0. The molecule has 0 amide bonds. The quantitative estimate of drug-likeness (QED) is 0.472. The van der Waals surface area contributed by atoms with E-state index in [0.717, 1.165) is 32.0 Å². The van der Waals surface area contributed by atoms with E-state index < -0.39 is 0 Å². The van der Waals surface area contributed by atoms with E-state index in [9.17, 15) is 9.18 Å². The molecule has 0 bridgehead atoms. The molecule has 1 saturated heterocycles. The minimum absolute atomic E-state index is 0.114. The fraction of sp³-hybridized carbons (Fsp3) is 0.174. The van der Waals surface area contributed by atoms with Crippen LogP contribution in [0.3, 0.4) is 0 Å². The molecule has 1 aromatic heterocycles. The Labute approximate surface area is 162 Å². The van der Waals surface area contributed by atoms with Crippen LogP contribution in [0.25, 0.3) is 17.4 Å². The molecule has 5 heteroatoms. The topological polar surface area (TPSA) is 42.7 Å². The molecule has 4 nitrogen and oxygen atoms in total. The first-order valence-electron chi connectivity index (χ1n) is 9.20. The van der Waals surface area contributed by atoms with Gasteiger partial charge in [0.1, 0.15) is 17.3 Å². The van der Waals surface area contributed by atoms with E-state index in [4.69, 9.17) is 9.15 Å². The standard InChI is InChI=1S/C23H20FNO3/c24-21-4-2-1-3-20(21)23-12-10-19(28-23)9-11-22(26)17-5-7-18(8-6-17)25-13-15-27-16-14-25/h1-12H,13-16H2/b11-9+.